The van der Waals surface area contributed by atoms with Crippen molar-refractivity contribution in [3.8, 4) is 5.75 Å². The Morgan fingerprint density at radius 1 is 1.00 bits per heavy atom. The van der Waals surface area contributed by atoms with Crippen molar-refractivity contribution in [2.24, 2.45) is 0 Å². The quantitative estimate of drug-likeness (QED) is 0.262. The fourth-order valence-electron chi connectivity index (χ4n) is 3.56. The molecule has 31 heavy (non-hydrogen) atoms. The Morgan fingerprint density at radius 2 is 1.71 bits per heavy atom. The van der Waals surface area contributed by atoms with Gasteiger partial charge in [-0.1, -0.05) is 31.4 Å². The van der Waals surface area contributed by atoms with Crippen LogP contribution < -0.4 is 15.1 Å². The smallest absolute Gasteiger partial charge is 0.243 e. The molecule has 0 aliphatic rings. The molecule has 0 atom stereocenters. The maximum atomic E-state index is 11.0. The van der Waals surface area contributed by atoms with Gasteiger partial charge in [0.15, 0.2) is 0 Å². The maximum absolute atomic E-state index is 11.0. The van der Waals surface area contributed by atoms with Crippen LogP contribution in [0.1, 0.15) is 44.3 Å². The van der Waals surface area contributed by atoms with Gasteiger partial charge in [-0.15, -0.1) is 0 Å². The molecule has 7 heteroatoms. The summed E-state index contributed by atoms with van der Waals surface area (Å²) in [7, 11) is 3.68. The summed E-state index contributed by atoms with van der Waals surface area (Å²) in [6.45, 7) is 0. The van der Waals surface area contributed by atoms with Crippen LogP contribution in [-0.4, -0.2) is 35.2 Å². The number of rotatable bonds is 11. The summed E-state index contributed by atoms with van der Waals surface area (Å²) in [5, 5.41) is 9.53. The molecule has 3 rings (SSSR count). The first-order valence-electron chi connectivity index (χ1n) is 10.7. The predicted molar refractivity (Wildman–Crippen MR) is 122 cm³/mol. The summed E-state index contributed by atoms with van der Waals surface area (Å²) < 4.78 is 5.27. The van der Waals surface area contributed by atoms with Crippen LogP contribution in [0.15, 0.2) is 48.5 Å². The van der Waals surface area contributed by atoms with E-state index in [2.05, 4.69) is 11.0 Å². The third kappa shape index (κ3) is 6.15. The third-order valence-electron chi connectivity index (χ3n) is 5.34. The number of hydrogen-bond donors (Lipinski definition) is 2. The fraction of sp³-hybridized carbons (Fsp3) is 0.375. The fourth-order valence-corrected chi connectivity index (χ4v) is 3.56. The number of nitrogens with one attached hydrogen (secondary N) is 1. The Kier molecular flexibility index (Phi) is 8.18. The van der Waals surface area contributed by atoms with Gasteiger partial charge >= 0.3 is 0 Å². The molecule has 0 unspecified atom stereocenters. The van der Waals surface area contributed by atoms with Gasteiger partial charge in [0.2, 0.25) is 5.91 Å². The summed E-state index contributed by atoms with van der Waals surface area (Å²) in [5.74, 6) is 2.23. The van der Waals surface area contributed by atoms with Crippen molar-refractivity contribution < 1.29 is 14.7 Å². The highest BCUT2D eigenvalue weighted by Crippen LogP contribution is 2.30. The number of aryl methyl sites for hydroxylation is 1. The van der Waals surface area contributed by atoms with Gasteiger partial charge in [-0.25, -0.2) is 15.4 Å². The first kappa shape index (κ1) is 22.5. The number of amides is 1. The zero-order valence-electron chi connectivity index (χ0n) is 18.2. The van der Waals surface area contributed by atoms with E-state index in [-0.39, 0.29) is 5.91 Å². The number of para-hydroxylation sites is 1. The Balaban J connectivity index is 1.67. The molecule has 1 aromatic heterocycles. The lowest BCUT2D eigenvalue weighted by atomic mass is 10.1. The third-order valence-corrected chi connectivity index (χ3v) is 5.34. The molecule has 7 nitrogen and oxygen atoms in total. The molecule has 0 fully saturated rings. The molecule has 0 bridgehead atoms. The van der Waals surface area contributed by atoms with Gasteiger partial charge < -0.3 is 9.64 Å². The highest BCUT2D eigenvalue weighted by molar-refractivity contribution is 5.91. The average Bonchev–Trinajstić information content (AvgIpc) is 2.82. The van der Waals surface area contributed by atoms with Crippen LogP contribution in [0, 0.1) is 0 Å². The molecule has 0 spiro atoms. The van der Waals surface area contributed by atoms with Crippen LogP contribution in [0.5, 0.6) is 5.75 Å². The minimum Gasteiger partial charge on any atom is -0.497 e. The molecule has 2 aromatic carbocycles. The van der Waals surface area contributed by atoms with Crippen molar-refractivity contribution in [2.75, 3.05) is 19.1 Å². The molecule has 1 amide bonds. The average molecular weight is 423 g/mol. The highest BCUT2D eigenvalue weighted by Gasteiger charge is 2.13. The number of ether oxygens (including phenoxy) is 1. The number of fused-ring (bicyclic) bond motifs is 1. The normalized spacial score (nSPS) is 10.8. The van der Waals surface area contributed by atoms with E-state index in [1.165, 1.54) is 0 Å². The number of aromatic nitrogens is 2. The van der Waals surface area contributed by atoms with Gasteiger partial charge in [-0.2, -0.15) is 0 Å². The zero-order chi connectivity index (χ0) is 22.1. The number of hydroxylamine groups is 1. The van der Waals surface area contributed by atoms with Crippen LogP contribution in [0.4, 0.5) is 11.5 Å². The van der Waals surface area contributed by atoms with Crippen LogP contribution in [0.25, 0.3) is 10.9 Å². The van der Waals surface area contributed by atoms with E-state index in [4.69, 9.17) is 19.9 Å². The highest BCUT2D eigenvalue weighted by atomic mass is 16.5. The lowest BCUT2D eigenvalue weighted by Crippen LogP contribution is -2.17. The van der Waals surface area contributed by atoms with Gasteiger partial charge in [0, 0.05) is 31.0 Å². The molecule has 164 valence electrons. The molecule has 2 N–H and O–H groups in total. The summed E-state index contributed by atoms with van der Waals surface area (Å²) in [6.07, 6.45) is 6.03. The minimum absolute atomic E-state index is 0.321. The molecule has 0 radical (unpaired) electrons. The van der Waals surface area contributed by atoms with Gasteiger partial charge in [0.25, 0.3) is 0 Å². The second kappa shape index (κ2) is 11.3. The number of nitrogens with zero attached hydrogens (tertiary/aromatic N) is 3. The van der Waals surface area contributed by atoms with E-state index >= 15 is 0 Å². The SMILES string of the molecule is COc1ccc(N(C)c2nc(CCCCCCCC(=O)NO)nc3ccccc23)cc1. The first-order chi connectivity index (χ1) is 15.1. The number of hydrogen-bond acceptors (Lipinski definition) is 6. The van der Waals surface area contributed by atoms with Gasteiger partial charge in [-0.05, 0) is 49.2 Å². The molecular formula is C24H30N4O3. The van der Waals surface area contributed by atoms with Crippen molar-refractivity contribution in [1.82, 2.24) is 15.4 Å². The summed E-state index contributed by atoms with van der Waals surface area (Å²) in [6, 6.07) is 16.0. The topological polar surface area (TPSA) is 87.6 Å². The Bertz CT molecular complexity index is 992. The molecule has 0 aliphatic carbocycles. The van der Waals surface area contributed by atoms with Crippen LogP contribution in [0.3, 0.4) is 0 Å². The Labute approximate surface area is 183 Å². The van der Waals surface area contributed by atoms with E-state index in [0.29, 0.717) is 6.42 Å². The predicted octanol–water partition coefficient (Wildman–Crippen LogP) is 4.79. The monoisotopic (exact) mass is 422 g/mol. The van der Waals surface area contributed by atoms with E-state index in [1.54, 1.807) is 12.6 Å². The van der Waals surface area contributed by atoms with E-state index < -0.39 is 0 Å². The second-order valence-electron chi connectivity index (χ2n) is 7.54. The number of carbonyl (C=O) groups is 1. The lowest BCUT2D eigenvalue weighted by Gasteiger charge is -2.21. The van der Waals surface area contributed by atoms with Gasteiger partial charge in [0.1, 0.15) is 17.4 Å². The zero-order valence-corrected chi connectivity index (χ0v) is 18.2. The number of benzene rings is 2. The lowest BCUT2D eigenvalue weighted by molar-refractivity contribution is -0.129. The van der Waals surface area contributed by atoms with Crippen LogP contribution >= 0.6 is 0 Å². The Morgan fingerprint density at radius 3 is 2.45 bits per heavy atom. The maximum Gasteiger partial charge on any atom is 0.243 e. The minimum atomic E-state index is -0.321. The van der Waals surface area contributed by atoms with Crippen LogP contribution in [0.2, 0.25) is 0 Å². The molecule has 0 aliphatic heterocycles. The van der Waals surface area contributed by atoms with Gasteiger partial charge in [0.05, 0.1) is 12.6 Å². The van der Waals surface area contributed by atoms with E-state index in [0.717, 1.165) is 72.5 Å². The van der Waals surface area contributed by atoms with Crippen LogP contribution in [-0.2, 0) is 11.2 Å². The number of unbranched alkanes of at least 4 members (excludes halogenated alkanes) is 4. The summed E-state index contributed by atoms with van der Waals surface area (Å²) in [5.41, 5.74) is 3.64. The van der Waals surface area contributed by atoms with Crippen molar-refractivity contribution in [2.45, 2.75) is 44.9 Å². The molecular weight excluding hydrogens is 392 g/mol. The second-order valence-corrected chi connectivity index (χ2v) is 7.54. The van der Waals surface area contributed by atoms with Crippen molar-refractivity contribution >= 4 is 28.3 Å². The molecule has 1 heterocycles. The standard InChI is InChI=1S/C24H30N4O3/c1-28(18-14-16-19(31-2)17-15-18)24-20-10-8-9-11-21(20)25-22(26-24)12-6-4-3-5-7-13-23(29)27-30/h8-11,14-17,30H,3-7,12-13H2,1-2H3,(H,27,29). The molecule has 3 aromatic rings. The van der Waals surface area contributed by atoms with Gasteiger partial charge in [-0.3, -0.25) is 10.0 Å². The first-order valence-corrected chi connectivity index (χ1v) is 10.7. The van der Waals surface area contributed by atoms with Crippen molar-refractivity contribution in [1.29, 1.82) is 0 Å². The summed E-state index contributed by atoms with van der Waals surface area (Å²) in [4.78, 5) is 22.8. The number of anilines is 2. The molecule has 0 saturated heterocycles. The largest absolute Gasteiger partial charge is 0.497 e. The van der Waals surface area contributed by atoms with E-state index in [1.807, 2.05) is 49.5 Å². The Hall–Kier alpha value is -3.19. The van der Waals surface area contributed by atoms with Crippen molar-refractivity contribution in [3.05, 3.63) is 54.4 Å². The number of methoxy groups -OCH3 is 1. The van der Waals surface area contributed by atoms with E-state index in [9.17, 15) is 4.79 Å². The van der Waals surface area contributed by atoms with Crippen molar-refractivity contribution in [3.63, 3.8) is 0 Å². The summed E-state index contributed by atoms with van der Waals surface area (Å²) >= 11 is 0. The molecule has 0 saturated carbocycles. The number of carbonyl (C=O) groups excluding carboxylic acids is 1.